The van der Waals surface area contributed by atoms with Crippen molar-refractivity contribution in [3.63, 3.8) is 0 Å². The van der Waals surface area contributed by atoms with Gasteiger partial charge < -0.3 is 26.2 Å². The molecule has 8 nitrogen and oxygen atoms in total. The standard InChI is InChI=1S/C20H27NO7/c1-11-2-3-15(24)19-14(11)7-12(8-16(19)25)6-13(4-5-22)20(28,10-23)17(26)9-18(21)27/h2-3,12-13,22-24,28H,4-10H2,1H3,(H2,21,27)/t12?,13?,20-/m1/s1. The molecule has 0 aromatic heterocycles. The molecule has 0 spiro atoms. The molecule has 28 heavy (non-hydrogen) atoms. The van der Waals surface area contributed by atoms with E-state index in [0.717, 1.165) is 11.1 Å². The van der Waals surface area contributed by atoms with E-state index in [-0.39, 0.29) is 43.3 Å². The van der Waals surface area contributed by atoms with Crippen LogP contribution in [-0.2, 0) is 16.0 Å². The summed E-state index contributed by atoms with van der Waals surface area (Å²) in [6, 6.07) is 3.20. The van der Waals surface area contributed by atoms with Crippen LogP contribution >= 0.6 is 0 Å². The van der Waals surface area contributed by atoms with Crippen molar-refractivity contribution in [2.75, 3.05) is 13.2 Å². The minimum Gasteiger partial charge on any atom is -0.507 e. The van der Waals surface area contributed by atoms with Gasteiger partial charge >= 0.3 is 0 Å². The van der Waals surface area contributed by atoms with Gasteiger partial charge in [0.1, 0.15) is 11.4 Å². The van der Waals surface area contributed by atoms with E-state index in [1.165, 1.54) is 6.07 Å². The number of benzene rings is 1. The number of hydrogen-bond acceptors (Lipinski definition) is 7. The van der Waals surface area contributed by atoms with Crippen molar-refractivity contribution in [1.29, 1.82) is 0 Å². The number of carbonyl (C=O) groups excluding carboxylic acids is 3. The van der Waals surface area contributed by atoms with Crippen molar-refractivity contribution >= 4 is 17.5 Å². The molecule has 2 rings (SSSR count). The van der Waals surface area contributed by atoms with Gasteiger partial charge in [0.05, 0.1) is 18.6 Å². The van der Waals surface area contributed by atoms with E-state index in [1.807, 2.05) is 6.92 Å². The van der Waals surface area contributed by atoms with Crippen molar-refractivity contribution < 1.29 is 34.8 Å². The van der Waals surface area contributed by atoms with Crippen LogP contribution in [0.3, 0.4) is 0 Å². The summed E-state index contributed by atoms with van der Waals surface area (Å²) in [5.41, 5.74) is 4.69. The number of ketones is 2. The Morgan fingerprint density at radius 3 is 2.54 bits per heavy atom. The molecule has 3 atom stereocenters. The highest BCUT2D eigenvalue weighted by molar-refractivity contribution is 6.02. The zero-order valence-corrected chi connectivity index (χ0v) is 15.9. The highest BCUT2D eigenvalue weighted by atomic mass is 16.3. The fraction of sp³-hybridized carbons (Fsp3) is 0.550. The SMILES string of the molecule is Cc1ccc(O)c2c1CC(CC(CCO)[C@](O)(CO)C(=O)CC(N)=O)CC2=O. The third kappa shape index (κ3) is 4.40. The van der Waals surface area contributed by atoms with E-state index in [0.29, 0.717) is 12.0 Å². The molecule has 6 N–H and O–H groups in total. The second-order valence-electron chi connectivity index (χ2n) is 7.55. The van der Waals surface area contributed by atoms with Crippen LogP contribution in [0.15, 0.2) is 12.1 Å². The number of phenolic OH excluding ortho intramolecular Hbond substituents is 1. The average Bonchev–Trinajstić information content (AvgIpc) is 2.63. The smallest absolute Gasteiger partial charge is 0.224 e. The first kappa shape index (κ1) is 22.0. The van der Waals surface area contributed by atoms with Crippen molar-refractivity contribution in [3.8, 4) is 5.75 Å². The third-order valence-electron chi connectivity index (χ3n) is 5.60. The zero-order valence-electron chi connectivity index (χ0n) is 15.9. The monoisotopic (exact) mass is 393 g/mol. The van der Waals surface area contributed by atoms with Crippen molar-refractivity contribution in [2.45, 2.75) is 44.6 Å². The zero-order chi connectivity index (χ0) is 21.1. The second-order valence-corrected chi connectivity index (χ2v) is 7.55. The molecule has 1 aromatic rings. The lowest BCUT2D eigenvalue weighted by atomic mass is 9.71. The van der Waals surface area contributed by atoms with Crippen LogP contribution < -0.4 is 5.73 Å². The summed E-state index contributed by atoms with van der Waals surface area (Å²) >= 11 is 0. The molecule has 0 aliphatic heterocycles. The van der Waals surface area contributed by atoms with Crippen LogP contribution in [0, 0.1) is 18.8 Å². The minimum absolute atomic E-state index is 0.0120. The summed E-state index contributed by atoms with van der Waals surface area (Å²) in [5, 5.41) is 39.9. The van der Waals surface area contributed by atoms with Crippen molar-refractivity contribution in [2.24, 2.45) is 17.6 Å². The molecular formula is C20H27NO7. The van der Waals surface area contributed by atoms with E-state index < -0.39 is 36.2 Å². The average molecular weight is 393 g/mol. The lowest BCUT2D eigenvalue weighted by molar-refractivity contribution is -0.153. The number of amides is 1. The van der Waals surface area contributed by atoms with Crippen LogP contribution in [0.5, 0.6) is 5.75 Å². The summed E-state index contributed by atoms with van der Waals surface area (Å²) in [6.07, 6.45) is 0.0329. The van der Waals surface area contributed by atoms with Gasteiger partial charge in [-0.25, -0.2) is 0 Å². The predicted octanol–water partition coefficient (Wildman–Crippen LogP) is 0.00232. The normalized spacial score (nSPS) is 19.6. The van der Waals surface area contributed by atoms with E-state index in [1.54, 1.807) is 6.07 Å². The quantitative estimate of drug-likeness (QED) is 0.369. The number of fused-ring (bicyclic) bond motifs is 1. The number of aliphatic hydroxyl groups is 3. The van der Waals surface area contributed by atoms with Gasteiger partial charge in [0.25, 0.3) is 0 Å². The summed E-state index contributed by atoms with van der Waals surface area (Å²) in [6.45, 7) is 0.578. The van der Waals surface area contributed by atoms with E-state index in [4.69, 9.17) is 5.73 Å². The fourth-order valence-corrected chi connectivity index (χ4v) is 4.07. The summed E-state index contributed by atoms with van der Waals surface area (Å²) in [5.74, 6) is -3.24. The number of Topliss-reactive ketones (excluding diaryl/α,β-unsaturated/α-hetero) is 2. The van der Waals surface area contributed by atoms with Gasteiger partial charge in [-0.3, -0.25) is 14.4 Å². The van der Waals surface area contributed by atoms with Gasteiger partial charge in [0.2, 0.25) is 5.91 Å². The van der Waals surface area contributed by atoms with Crippen LogP contribution in [-0.4, -0.2) is 56.7 Å². The highest BCUT2D eigenvalue weighted by Gasteiger charge is 2.44. The molecule has 0 heterocycles. The molecule has 1 aliphatic rings. The molecule has 2 unspecified atom stereocenters. The Morgan fingerprint density at radius 2 is 1.96 bits per heavy atom. The van der Waals surface area contributed by atoms with E-state index in [9.17, 15) is 34.8 Å². The maximum Gasteiger partial charge on any atom is 0.224 e. The Hall–Kier alpha value is -2.29. The third-order valence-corrected chi connectivity index (χ3v) is 5.60. The van der Waals surface area contributed by atoms with Gasteiger partial charge in [0, 0.05) is 13.0 Å². The molecule has 1 aliphatic carbocycles. The maximum absolute atomic E-state index is 12.6. The van der Waals surface area contributed by atoms with Crippen LogP contribution in [0.25, 0.3) is 0 Å². The fourth-order valence-electron chi connectivity index (χ4n) is 4.07. The Balaban J connectivity index is 2.29. The molecule has 0 saturated carbocycles. The highest BCUT2D eigenvalue weighted by Crippen LogP contribution is 2.38. The summed E-state index contributed by atoms with van der Waals surface area (Å²) in [7, 11) is 0. The summed E-state index contributed by atoms with van der Waals surface area (Å²) < 4.78 is 0. The van der Waals surface area contributed by atoms with Crippen LogP contribution in [0.1, 0.15) is 47.2 Å². The Morgan fingerprint density at radius 1 is 1.29 bits per heavy atom. The van der Waals surface area contributed by atoms with E-state index >= 15 is 0 Å². The largest absolute Gasteiger partial charge is 0.507 e. The maximum atomic E-state index is 12.6. The van der Waals surface area contributed by atoms with E-state index in [2.05, 4.69) is 0 Å². The van der Waals surface area contributed by atoms with Gasteiger partial charge in [-0.2, -0.15) is 0 Å². The van der Waals surface area contributed by atoms with Crippen LogP contribution in [0.4, 0.5) is 0 Å². The first-order chi connectivity index (χ1) is 13.1. The first-order valence-corrected chi connectivity index (χ1v) is 9.24. The molecule has 1 aromatic carbocycles. The Bertz CT molecular complexity index is 776. The number of nitrogens with two attached hydrogens (primary N) is 1. The number of phenols is 1. The molecule has 154 valence electrons. The number of primary amides is 1. The lowest BCUT2D eigenvalue weighted by Gasteiger charge is -2.36. The predicted molar refractivity (Wildman–Crippen MR) is 99.6 cm³/mol. The molecule has 1 amide bonds. The molecule has 0 radical (unpaired) electrons. The Kier molecular flexibility index (Phi) is 6.92. The molecule has 0 fully saturated rings. The number of aliphatic hydroxyl groups excluding tert-OH is 2. The van der Waals surface area contributed by atoms with Crippen molar-refractivity contribution in [3.05, 3.63) is 28.8 Å². The lowest BCUT2D eigenvalue weighted by Crippen LogP contribution is -2.51. The van der Waals surface area contributed by atoms with Crippen LogP contribution in [0.2, 0.25) is 0 Å². The number of rotatable bonds is 9. The topological polar surface area (TPSA) is 158 Å². The van der Waals surface area contributed by atoms with Crippen molar-refractivity contribution in [1.82, 2.24) is 0 Å². The molecule has 8 heteroatoms. The number of carbonyl (C=O) groups is 3. The molecule has 0 bridgehead atoms. The van der Waals surface area contributed by atoms with Gasteiger partial charge in [-0.1, -0.05) is 6.07 Å². The molecular weight excluding hydrogens is 366 g/mol. The summed E-state index contributed by atoms with van der Waals surface area (Å²) in [4.78, 5) is 36.0. The van der Waals surface area contributed by atoms with Gasteiger partial charge in [0.15, 0.2) is 11.6 Å². The number of hydrogen-bond donors (Lipinski definition) is 5. The molecule has 0 saturated heterocycles. The minimum atomic E-state index is -2.23. The number of aromatic hydroxyl groups is 1. The first-order valence-electron chi connectivity index (χ1n) is 9.24. The Labute approximate surface area is 163 Å². The van der Waals surface area contributed by atoms with Gasteiger partial charge in [-0.05, 0) is 55.2 Å². The van der Waals surface area contributed by atoms with Gasteiger partial charge in [-0.15, -0.1) is 0 Å². The second kappa shape index (κ2) is 8.81. The number of aryl methyl sites for hydroxylation is 1.